The van der Waals surface area contributed by atoms with Gasteiger partial charge in [0.05, 0.1) is 5.75 Å². The van der Waals surface area contributed by atoms with Gasteiger partial charge in [0.15, 0.2) is 0 Å². The van der Waals surface area contributed by atoms with Gasteiger partial charge in [-0.3, -0.25) is 4.79 Å². The Morgan fingerprint density at radius 3 is 2.53 bits per heavy atom. The summed E-state index contributed by atoms with van der Waals surface area (Å²) >= 11 is 7.65. The standard InChI is InChI=1S/C14H17ClOS/c15-12-7-5-11(6-8-12)9-13(16)10-17-14-3-1-2-4-14/h5-8,14H,1-4,9-10H2. The number of hydrogen-bond donors (Lipinski definition) is 0. The molecule has 0 heterocycles. The van der Waals surface area contributed by atoms with Crippen LogP contribution in [0, 0.1) is 0 Å². The number of carbonyl (C=O) groups is 1. The molecule has 1 nitrogen and oxygen atoms in total. The lowest BCUT2D eigenvalue weighted by molar-refractivity contribution is -0.116. The molecule has 2 rings (SSSR count). The molecule has 1 aliphatic rings. The predicted molar refractivity (Wildman–Crippen MR) is 74.9 cm³/mol. The highest BCUT2D eigenvalue weighted by molar-refractivity contribution is 8.00. The second kappa shape index (κ2) is 6.46. The quantitative estimate of drug-likeness (QED) is 0.799. The van der Waals surface area contributed by atoms with Crippen molar-refractivity contribution in [2.75, 3.05) is 5.75 Å². The summed E-state index contributed by atoms with van der Waals surface area (Å²) in [5, 5.41) is 1.45. The van der Waals surface area contributed by atoms with Crippen LogP contribution >= 0.6 is 23.4 Å². The second-order valence-electron chi connectivity index (χ2n) is 4.56. The van der Waals surface area contributed by atoms with E-state index in [1.807, 2.05) is 36.0 Å². The summed E-state index contributed by atoms with van der Waals surface area (Å²) in [4.78, 5) is 11.8. The molecule has 0 aromatic heterocycles. The molecule has 0 saturated heterocycles. The Morgan fingerprint density at radius 2 is 1.88 bits per heavy atom. The van der Waals surface area contributed by atoms with Crippen LogP contribution in [0.25, 0.3) is 0 Å². The summed E-state index contributed by atoms with van der Waals surface area (Å²) in [6.07, 6.45) is 5.79. The third-order valence-electron chi connectivity index (χ3n) is 3.10. The van der Waals surface area contributed by atoms with Crippen molar-refractivity contribution < 1.29 is 4.79 Å². The molecule has 17 heavy (non-hydrogen) atoms. The highest BCUT2D eigenvalue weighted by Gasteiger charge is 2.16. The van der Waals surface area contributed by atoms with Gasteiger partial charge in [0, 0.05) is 16.7 Å². The number of Topliss-reactive ketones (excluding diaryl/α,β-unsaturated/α-hetero) is 1. The van der Waals surface area contributed by atoms with Gasteiger partial charge in [-0.25, -0.2) is 0 Å². The van der Waals surface area contributed by atoms with Gasteiger partial charge in [-0.2, -0.15) is 11.8 Å². The smallest absolute Gasteiger partial charge is 0.147 e. The van der Waals surface area contributed by atoms with E-state index in [4.69, 9.17) is 11.6 Å². The highest BCUT2D eigenvalue weighted by atomic mass is 35.5. The van der Waals surface area contributed by atoms with Gasteiger partial charge in [-0.1, -0.05) is 36.6 Å². The molecule has 0 N–H and O–H groups in total. The average Bonchev–Trinajstić information content (AvgIpc) is 2.83. The maximum atomic E-state index is 11.8. The van der Waals surface area contributed by atoms with Crippen molar-refractivity contribution in [3.8, 4) is 0 Å². The fraction of sp³-hybridized carbons (Fsp3) is 0.500. The third-order valence-corrected chi connectivity index (χ3v) is 4.78. The summed E-state index contributed by atoms with van der Waals surface area (Å²) in [6.45, 7) is 0. The van der Waals surface area contributed by atoms with Crippen LogP contribution in [-0.2, 0) is 11.2 Å². The maximum Gasteiger partial charge on any atom is 0.147 e. The van der Waals surface area contributed by atoms with Crippen LogP contribution in [0.5, 0.6) is 0 Å². The van der Waals surface area contributed by atoms with Crippen LogP contribution in [-0.4, -0.2) is 16.8 Å². The number of ketones is 1. The second-order valence-corrected chi connectivity index (χ2v) is 6.28. The first-order valence-electron chi connectivity index (χ1n) is 6.12. The number of halogens is 1. The van der Waals surface area contributed by atoms with Crippen molar-refractivity contribution in [1.29, 1.82) is 0 Å². The molecule has 1 aromatic carbocycles. The Kier molecular flexibility index (Phi) is 4.93. The molecule has 0 spiro atoms. The molecule has 1 aromatic rings. The molecule has 1 aliphatic carbocycles. The van der Waals surface area contributed by atoms with Gasteiger partial charge in [-0.05, 0) is 30.5 Å². The van der Waals surface area contributed by atoms with Crippen molar-refractivity contribution in [2.24, 2.45) is 0 Å². The van der Waals surface area contributed by atoms with Gasteiger partial charge >= 0.3 is 0 Å². The Labute approximate surface area is 112 Å². The van der Waals surface area contributed by atoms with Crippen molar-refractivity contribution in [3.05, 3.63) is 34.9 Å². The first-order valence-corrected chi connectivity index (χ1v) is 7.54. The first-order chi connectivity index (χ1) is 8.24. The minimum absolute atomic E-state index is 0.323. The zero-order valence-electron chi connectivity index (χ0n) is 9.82. The van der Waals surface area contributed by atoms with Gasteiger partial charge < -0.3 is 0 Å². The van der Waals surface area contributed by atoms with Crippen LogP contribution in [0.3, 0.4) is 0 Å². The predicted octanol–water partition coefficient (Wildman–Crippen LogP) is 4.13. The van der Waals surface area contributed by atoms with Crippen molar-refractivity contribution >= 4 is 29.1 Å². The van der Waals surface area contributed by atoms with E-state index in [2.05, 4.69) is 0 Å². The number of thioether (sulfide) groups is 1. The summed E-state index contributed by atoms with van der Waals surface area (Å²) in [6, 6.07) is 7.55. The fourth-order valence-corrected chi connectivity index (χ4v) is 3.46. The first kappa shape index (κ1) is 13.0. The van der Waals surface area contributed by atoms with Crippen LogP contribution in [0.4, 0.5) is 0 Å². The molecule has 0 amide bonds. The Balaban J connectivity index is 1.74. The average molecular weight is 269 g/mol. The fourth-order valence-electron chi connectivity index (χ4n) is 2.15. The minimum atomic E-state index is 0.323. The summed E-state index contributed by atoms with van der Waals surface area (Å²) in [5.74, 6) is 0.983. The molecular weight excluding hydrogens is 252 g/mol. The van der Waals surface area contributed by atoms with E-state index in [9.17, 15) is 4.79 Å². The number of rotatable bonds is 5. The van der Waals surface area contributed by atoms with E-state index in [0.29, 0.717) is 18.0 Å². The molecule has 1 saturated carbocycles. The van der Waals surface area contributed by atoms with Crippen LogP contribution in [0.1, 0.15) is 31.2 Å². The normalized spacial score (nSPS) is 16.3. The number of hydrogen-bond acceptors (Lipinski definition) is 2. The van der Waals surface area contributed by atoms with E-state index in [1.165, 1.54) is 25.7 Å². The molecule has 0 radical (unpaired) electrons. The SMILES string of the molecule is O=C(CSC1CCCC1)Cc1ccc(Cl)cc1. The van der Waals surface area contributed by atoms with Gasteiger partial charge in [0.25, 0.3) is 0 Å². The number of carbonyl (C=O) groups excluding carboxylic acids is 1. The van der Waals surface area contributed by atoms with Crippen molar-refractivity contribution in [1.82, 2.24) is 0 Å². The molecule has 1 fully saturated rings. The van der Waals surface area contributed by atoms with E-state index in [1.54, 1.807) is 0 Å². The zero-order valence-corrected chi connectivity index (χ0v) is 11.4. The number of benzene rings is 1. The van der Waals surface area contributed by atoms with E-state index in [-0.39, 0.29) is 0 Å². The Morgan fingerprint density at radius 1 is 1.24 bits per heavy atom. The van der Waals surface area contributed by atoms with Gasteiger partial charge in [0.1, 0.15) is 5.78 Å². The maximum absolute atomic E-state index is 11.8. The lowest BCUT2D eigenvalue weighted by Gasteiger charge is -2.07. The summed E-state index contributed by atoms with van der Waals surface area (Å²) in [5.41, 5.74) is 1.06. The third kappa shape index (κ3) is 4.36. The van der Waals surface area contributed by atoms with Crippen LogP contribution in [0.2, 0.25) is 5.02 Å². The molecule has 0 unspecified atom stereocenters. The Hall–Kier alpha value is -0.470. The summed E-state index contributed by atoms with van der Waals surface area (Å²) in [7, 11) is 0. The summed E-state index contributed by atoms with van der Waals surface area (Å²) < 4.78 is 0. The molecular formula is C14H17ClOS. The molecule has 0 bridgehead atoms. The van der Waals surface area contributed by atoms with E-state index < -0.39 is 0 Å². The van der Waals surface area contributed by atoms with Crippen molar-refractivity contribution in [3.63, 3.8) is 0 Å². The van der Waals surface area contributed by atoms with E-state index >= 15 is 0 Å². The zero-order chi connectivity index (χ0) is 12.1. The monoisotopic (exact) mass is 268 g/mol. The van der Waals surface area contributed by atoms with Gasteiger partial charge in [-0.15, -0.1) is 0 Å². The van der Waals surface area contributed by atoms with Crippen LogP contribution in [0.15, 0.2) is 24.3 Å². The lowest BCUT2D eigenvalue weighted by Crippen LogP contribution is -2.08. The molecule has 3 heteroatoms. The Bertz CT molecular complexity index is 368. The van der Waals surface area contributed by atoms with Crippen LogP contribution < -0.4 is 0 Å². The molecule has 92 valence electrons. The largest absolute Gasteiger partial charge is 0.298 e. The minimum Gasteiger partial charge on any atom is -0.298 e. The van der Waals surface area contributed by atoms with E-state index in [0.717, 1.165) is 15.8 Å². The lowest BCUT2D eigenvalue weighted by atomic mass is 10.1. The highest BCUT2D eigenvalue weighted by Crippen LogP contribution is 2.29. The molecule has 0 atom stereocenters. The van der Waals surface area contributed by atoms with Gasteiger partial charge in [0.2, 0.25) is 0 Å². The topological polar surface area (TPSA) is 17.1 Å². The molecule has 0 aliphatic heterocycles. The van der Waals surface area contributed by atoms with Crippen molar-refractivity contribution in [2.45, 2.75) is 37.4 Å².